The van der Waals surface area contributed by atoms with E-state index in [1.54, 1.807) is 13.3 Å². The van der Waals surface area contributed by atoms with E-state index in [0.29, 0.717) is 32.4 Å². The molecule has 0 unspecified atom stereocenters. The Morgan fingerprint density at radius 3 is 2.50 bits per heavy atom. The molecule has 0 atom stereocenters. The van der Waals surface area contributed by atoms with Gasteiger partial charge in [0.2, 0.25) is 11.8 Å². The second-order valence-electron chi connectivity index (χ2n) is 6.40. The largest absolute Gasteiger partial charge is 0.496 e. The first-order valence-electron chi connectivity index (χ1n) is 8.74. The summed E-state index contributed by atoms with van der Waals surface area (Å²) < 4.78 is 5.31. The monoisotopic (exact) mass is 353 g/mol. The topological polar surface area (TPSA) is 80.3 Å². The molecule has 0 saturated heterocycles. The fourth-order valence-corrected chi connectivity index (χ4v) is 2.91. The molecule has 0 radical (unpaired) electrons. The lowest BCUT2D eigenvalue weighted by molar-refractivity contribution is -0.137. The van der Waals surface area contributed by atoms with Gasteiger partial charge in [0, 0.05) is 12.7 Å². The van der Waals surface area contributed by atoms with Crippen LogP contribution in [0, 0.1) is 5.41 Å². The maximum Gasteiger partial charge on any atom is 0.236 e. The minimum atomic E-state index is -0.921. The Kier molecular flexibility index (Phi) is 5.51. The number of ether oxygens (including phenoxy) is 1. The minimum absolute atomic E-state index is 0.203. The summed E-state index contributed by atoms with van der Waals surface area (Å²) in [6, 6.07) is 13.2. The maximum atomic E-state index is 12.5. The van der Waals surface area contributed by atoms with Crippen LogP contribution in [-0.2, 0) is 22.6 Å². The Balaban J connectivity index is 1.50. The molecule has 1 aromatic carbocycles. The number of methoxy groups -OCH3 is 1. The van der Waals surface area contributed by atoms with Crippen molar-refractivity contribution in [1.82, 2.24) is 15.6 Å². The first-order valence-corrected chi connectivity index (χ1v) is 8.74. The molecule has 1 saturated carbocycles. The third kappa shape index (κ3) is 4.02. The molecular weight excluding hydrogens is 330 g/mol. The number of aromatic nitrogens is 1. The van der Waals surface area contributed by atoms with Gasteiger partial charge in [0.1, 0.15) is 11.2 Å². The molecule has 3 rings (SSSR count). The predicted octanol–water partition coefficient (Wildman–Crippen LogP) is 1.85. The van der Waals surface area contributed by atoms with Gasteiger partial charge in [0.25, 0.3) is 0 Å². The highest BCUT2D eigenvalue weighted by molar-refractivity contribution is 6.07. The lowest BCUT2D eigenvalue weighted by Gasteiger charge is -2.16. The number of rotatable bonds is 8. The van der Waals surface area contributed by atoms with Gasteiger partial charge in [-0.15, -0.1) is 0 Å². The van der Waals surface area contributed by atoms with Gasteiger partial charge in [-0.2, -0.15) is 0 Å². The number of hydrogen-bond donors (Lipinski definition) is 2. The molecule has 6 heteroatoms. The zero-order valence-electron chi connectivity index (χ0n) is 14.8. The second kappa shape index (κ2) is 7.99. The predicted molar refractivity (Wildman–Crippen MR) is 97.5 cm³/mol. The van der Waals surface area contributed by atoms with E-state index in [2.05, 4.69) is 15.6 Å². The van der Waals surface area contributed by atoms with E-state index < -0.39 is 5.41 Å². The van der Waals surface area contributed by atoms with E-state index in [0.717, 1.165) is 17.0 Å². The third-order valence-corrected chi connectivity index (χ3v) is 4.65. The van der Waals surface area contributed by atoms with Crippen LogP contribution in [0.5, 0.6) is 5.75 Å². The molecule has 2 aromatic rings. The van der Waals surface area contributed by atoms with Crippen molar-refractivity contribution in [3.8, 4) is 5.75 Å². The van der Waals surface area contributed by atoms with Crippen molar-refractivity contribution in [3.05, 3.63) is 59.9 Å². The lowest BCUT2D eigenvalue weighted by atomic mass is 10.0. The van der Waals surface area contributed by atoms with Gasteiger partial charge in [0.05, 0.1) is 19.3 Å². The normalized spacial score (nSPS) is 14.3. The van der Waals surface area contributed by atoms with Crippen molar-refractivity contribution in [2.75, 3.05) is 13.7 Å². The number of hydrogen-bond acceptors (Lipinski definition) is 4. The number of para-hydroxylation sites is 1. The number of amides is 2. The van der Waals surface area contributed by atoms with Crippen LogP contribution in [0.25, 0.3) is 0 Å². The molecule has 26 heavy (non-hydrogen) atoms. The summed E-state index contributed by atoms with van der Waals surface area (Å²) in [5.74, 6) is 0.375. The number of carbonyl (C=O) groups is 2. The highest BCUT2D eigenvalue weighted by Crippen LogP contribution is 2.46. The van der Waals surface area contributed by atoms with E-state index in [1.807, 2.05) is 42.5 Å². The maximum absolute atomic E-state index is 12.5. The zero-order valence-corrected chi connectivity index (χ0v) is 14.8. The van der Waals surface area contributed by atoms with Gasteiger partial charge in [-0.3, -0.25) is 14.6 Å². The van der Waals surface area contributed by atoms with Crippen molar-refractivity contribution in [2.45, 2.75) is 25.8 Å². The summed E-state index contributed by atoms with van der Waals surface area (Å²) in [6.07, 6.45) is 3.50. The first-order chi connectivity index (χ1) is 12.7. The summed E-state index contributed by atoms with van der Waals surface area (Å²) >= 11 is 0. The van der Waals surface area contributed by atoms with Gasteiger partial charge in [-0.1, -0.05) is 24.3 Å². The van der Waals surface area contributed by atoms with Gasteiger partial charge in [0.15, 0.2) is 0 Å². The van der Waals surface area contributed by atoms with Crippen LogP contribution in [0.1, 0.15) is 24.1 Å². The Morgan fingerprint density at radius 2 is 1.81 bits per heavy atom. The standard InChI is InChI=1S/C20H23N3O3/c1-26-17-8-3-2-6-15(17)9-13-22-18(24)20(10-11-20)19(25)23-14-16-7-4-5-12-21-16/h2-8,12H,9-11,13-14H2,1H3,(H,22,24)(H,23,25). The van der Waals surface area contributed by atoms with Gasteiger partial charge >= 0.3 is 0 Å². The third-order valence-electron chi connectivity index (χ3n) is 4.65. The van der Waals surface area contributed by atoms with Gasteiger partial charge in [-0.25, -0.2) is 0 Å². The summed E-state index contributed by atoms with van der Waals surface area (Å²) in [5.41, 5.74) is 0.878. The van der Waals surface area contributed by atoms with Crippen molar-refractivity contribution < 1.29 is 14.3 Å². The van der Waals surface area contributed by atoms with E-state index in [1.165, 1.54) is 0 Å². The average molecular weight is 353 g/mol. The Labute approximate surface area is 153 Å². The molecular formula is C20H23N3O3. The minimum Gasteiger partial charge on any atom is -0.496 e. The van der Waals surface area contributed by atoms with Gasteiger partial charge < -0.3 is 15.4 Å². The molecule has 0 bridgehead atoms. The van der Waals surface area contributed by atoms with Crippen LogP contribution >= 0.6 is 0 Å². The molecule has 136 valence electrons. The van der Waals surface area contributed by atoms with E-state index in [9.17, 15) is 9.59 Å². The van der Waals surface area contributed by atoms with Gasteiger partial charge in [-0.05, 0) is 43.0 Å². The number of pyridine rings is 1. The molecule has 0 aliphatic heterocycles. The number of benzene rings is 1. The smallest absolute Gasteiger partial charge is 0.236 e. The fraction of sp³-hybridized carbons (Fsp3) is 0.350. The molecule has 1 fully saturated rings. The molecule has 1 aliphatic carbocycles. The van der Waals surface area contributed by atoms with Crippen molar-refractivity contribution in [3.63, 3.8) is 0 Å². The summed E-state index contributed by atoms with van der Waals surface area (Å²) in [4.78, 5) is 29.1. The van der Waals surface area contributed by atoms with Crippen LogP contribution in [0.15, 0.2) is 48.7 Å². The van der Waals surface area contributed by atoms with Crippen molar-refractivity contribution >= 4 is 11.8 Å². The Morgan fingerprint density at radius 1 is 1.08 bits per heavy atom. The zero-order chi connectivity index (χ0) is 18.4. The Hall–Kier alpha value is -2.89. The van der Waals surface area contributed by atoms with Crippen LogP contribution in [-0.4, -0.2) is 30.5 Å². The van der Waals surface area contributed by atoms with Crippen molar-refractivity contribution in [2.24, 2.45) is 5.41 Å². The summed E-state index contributed by atoms with van der Waals surface area (Å²) in [6.45, 7) is 0.796. The fourth-order valence-electron chi connectivity index (χ4n) is 2.91. The molecule has 1 aliphatic rings. The quantitative estimate of drug-likeness (QED) is 0.710. The number of nitrogens with one attached hydrogen (secondary N) is 2. The summed E-state index contributed by atoms with van der Waals surface area (Å²) in [7, 11) is 1.63. The lowest BCUT2D eigenvalue weighted by Crippen LogP contribution is -2.43. The van der Waals surface area contributed by atoms with E-state index >= 15 is 0 Å². The van der Waals surface area contributed by atoms with E-state index in [-0.39, 0.29) is 11.8 Å². The molecule has 0 spiro atoms. The van der Waals surface area contributed by atoms with Crippen LogP contribution in [0.4, 0.5) is 0 Å². The highest BCUT2D eigenvalue weighted by Gasteiger charge is 2.56. The number of nitrogens with zero attached hydrogens (tertiary/aromatic N) is 1. The molecule has 1 heterocycles. The molecule has 2 N–H and O–H groups in total. The number of carbonyl (C=O) groups excluding carboxylic acids is 2. The first kappa shape index (κ1) is 17.9. The summed E-state index contributed by atoms with van der Waals surface area (Å²) in [5, 5.41) is 5.72. The van der Waals surface area contributed by atoms with Crippen LogP contribution in [0.3, 0.4) is 0 Å². The molecule has 2 amide bonds. The average Bonchev–Trinajstić information content (AvgIpc) is 3.49. The molecule has 1 aromatic heterocycles. The van der Waals surface area contributed by atoms with Crippen LogP contribution in [0.2, 0.25) is 0 Å². The van der Waals surface area contributed by atoms with E-state index in [4.69, 9.17) is 4.74 Å². The van der Waals surface area contributed by atoms with Crippen LogP contribution < -0.4 is 15.4 Å². The highest BCUT2D eigenvalue weighted by atomic mass is 16.5. The second-order valence-corrected chi connectivity index (χ2v) is 6.40. The molecule has 6 nitrogen and oxygen atoms in total. The SMILES string of the molecule is COc1ccccc1CCNC(=O)C1(C(=O)NCc2ccccn2)CC1. The van der Waals surface area contributed by atoms with Crippen molar-refractivity contribution in [1.29, 1.82) is 0 Å². The Bertz CT molecular complexity index is 773.